The van der Waals surface area contributed by atoms with E-state index in [0.717, 1.165) is 22.0 Å². The van der Waals surface area contributed by atoms with E-state index in [9.17, 15) is 0 Å². The van der Waals surface area contributed by atoms with E-state index in [2.05, 4.69) is 41.2 Å². The van der Waals surface area contributed by atoms with Crippen molar-refractivity contribution in [1.82, 2.24) is 24.9 Å². The Labute approximate surface area is 190 Å². The van der Waals surface area contributed by atoms with E-state index < -0.39 is 0 Å². The predicted octanol–water partition coefficient (Wildman–Crippen LogP) is 3.49. The molecule has 4 aromatic rings. The van der Waals surface area contributed by atoms with Crippen LogP contribution < -0.4 is 9.64 Å². The summed E-state index contributed by atoms with van der Waals surface area (Å²) in [6.07, 6.45) is 6.21. The van der Waals surface area contributed by atoms with E-state index in [0.29, 0.717) is 51.8 Å². The normalized spacial score (nSPS) is 14.2. The molecule has 0 unspecified atom stereocenters. The standard InChI is InChI=1S/C23H24N8O2/c1-2-6-20-19(5-1)18(15-25-20)16-26-30-21-27-22(31-9-12-32-13-10-31)29-23(28-21)33-11-7-17-4-3-8-24-14-17/h1-6,8,14-15,25H,7,9-13,16H2. The first kappa shape index (κ1) is 21.0. The van der Waals surface area contributed by atoms with E-state index in [1.54, 1.807) is 6.20 Å². The highest BCUT2D eigenvalue weighted by Crippen LogP contribution is 2.21. The third kappa shape index (κ3) is 5.29. The number of H-pyrrole nitrogens is 1. The second-order valence-electron chi connectivity index (χ2n) is 7.54. The zero-order chi connectivity index (χ0) is 22.3. The van der Waals surface area contributed by atoms with Crippen LogP contribution in [0.15, 0.2) is 65.2 Å². The Hall–Kier alpha value is -3.92. The molecule has 168 valence electrons. The van der Waals surface area contributed by atoms with Crippen LogP contribution in [0.4, 0.5) is 11.9 Å². The number of fused-ring (bicyclic) bond motifs is 1. The molecule has 1 saturated heterocycles. The van der Waals surface area contributed by atoms with Gasteiger partial charge in [0.05, 0.1) is 26.4 Å². The summed E-state index contributed by atoms with van der Waals surface area (Å²) < 4.78 is 11.3. The van der Waals surface area contributed by atoms with Crippen molar-refractivity contribution in [2.45, 2.75) is 13.0 Å². The molecule has 5 rings (SSSR count). The Balaban J connectivity index is 1.32. The molecule has 0 saturated carbocycles. The molecule has 1 aliphatic heterocycles. The molecule has 1 aromatic carbocycles. The lowest BCUT2D eigenvalue weighted by molar-refractivity contribution is 0.122. The maximum absolute atomic E-state index is 5.84. The topological polar surface area (TPSA) is 114 Å². The summed E-state index contributed by atoms with van der Waals surface area (Å²) in [5.74, 6) is 0.744. The van der Waals surface area contributed by atoms with E-state index in [1.165, 1.54) is 0 Å². The quantitative estimate of drug-likeness (QED) is 0.414. The molecule has 33 heavy (non-hydrogen) atoms. The number of pyridine rings is 1. The fraction of sp³-hybridized carbons (Fsp3) is 0.304. The van der Waals surface area contributed by atoms with Crippen molar-refractivity contribution in [3.63, 3.8) is 0 Å². The molecule has 3 aromatic heterocycles. The number of anilines is 1. The van der Waals surface area contributed by atoms with Gasteiger partial charge in [-0.3, -0.25) is 4.98 Å². The van der Waals surface area contributed by atoms with Gasteiger partial charge in [0, 0.05) is 54.6 Å². The van der Waals surface area contributed by atoms with Gasteiger partial charge in [0.2, 0.25) is 5.95 Å². The van der Waals surface area contributed by atoms with Crippen LogP contribution in [0.5, 0.6) is 6.01 Å². The second kappa shape index (κ2) is 10.1. The molecule has 1 N–H and O–H groups in total. The fourth-order valence-corrected chi connectivity index (χ4v) is 3.59. The van der Waals surface area contributed by atoms with Crippen LogP contribution in [0.25, 0.3) is 10.9 Å². The summed E-state index contributed by atoms with van der Waals surface area (Å²) in [4.78, 5) is 22.8. The molecular formula is C23H24N8O2. The van der Waals surface area contributed by atoms with Gasteiger partial charge in [-0.2, -0.15) is 20.1 Å². The summed E-state index contributed by atoms with van der Waals surface area (Å²) in [5, 5.41) is 9.73. The first-order valence-corrected chi connectivity index (χ1v) is 10.9. The highest BCUT2D eigenvalue weighted by Gasteiger charge is 2.17. The van der Waals surface area contributed by atoms with Gasteiger partial charge < -0.3 is 19.4 Å². The SMILES string of the molecule is c1cncc(CCOc2nc(N=NCc3c[nH]c4ccccc34)nc(N3CCOCC3)n2)c1. The number of nitrogens with zero attached hydrogens (tertiary/aromatic N) is 7. The number of hydrogen-bond donors (Lipinski definition) is 1. The number of morpholine rings is 1. The highest BCUT2D eigenvalue weighted by molar-refractivity contribution is 5.82. The fourth-order valence-electron chi connectivity index (χ4n) is 3.59. The largest absolute Gasteiger partial charge is 0.463 e. The summed E-state index contributed by atoms with van der Waals surface area (Å²) >= 11 is 0. The van der Waals surface area contributed by atoms with E-state index in [4.69, 9.17) is 9.47 Å². The summed E-state index contributed by atoms with van der Waals surface area (Å²) in [7, 11) is 0. The van der Waals surface area contributed by atoms with E-state index >= 15 is 0 Å². The molecular weight excluding hydrogens is 420 g/mol. The molecule has 0 radical (unpaired) electrons. The zero-order valence-electron chi connectivity index (χ0n) is 18.1. The monoisotopic (exact) mass is 444 g/mol. The Morgan fingerprint density at radius 1 is 1.06 bits per heavy atom. The number of rotatable bonds is 8. The molecule has 0 spiro atoms. The third-order valence-corrected chi connectivity index (χ3v) is 5.31. The molecule has 0 aliphatic carbocycles. The lowest BCUT2D eigenvalue weighted by Gasteiger charge is -2.26. The first-order valence-electron chi connectivity index (χ1n) is 10.9. The van der Waals surface area contributed by atoms with Gasteiger partial charge in [-0.05, 0) is 17.7 Å². The summed E-state index contributed by atoms with van der Waals surface area (Å²) in [5.41, 5.74) is 3.21. The molecule has 10 heteroatoms. The Morgan fingerprint density at radius 3 is 2.85 bits per heavy atom. The van der Waals surface area contributed by atoms with Gasteiger partial charge in [0.15, 0.2) is 0 Å². The average molecular weight is 444 g/mol. The van der Waals surface area contributed by atoms with Crippen LogP contribution in [0.1, 0.15) is 11.1 Å². The van der Waals surface area contributed by atoms with Crippen LogP contribution >= 0.6 is 0 Å². The molecule has 1 aliphatic rings. The number of benzene rings is 1. The average Bonchev–Trinajstić information content (AvgIpc) is 3.28. The number of para-hydroxylation sites is 1. The Kier molecular flexibility index (Phi) is 6.43. The number of ether oxygens (including phenoxy) is 2. The lowest BCUT2D eigenvalue weighted by Crippen LogP contribution is -2.37. The van der Waals surface area contributed by atoms with Crippen LogP contribution in [0.2, 0.25) is 0 Å². The Bertz CT molecular complexity index is 1220. The predicted molar refractivity (Wildman–Crippen MR) is 123 cm³/mol. The molecule has 0 bridgehead atoms. The van der Waals surface area contributed by atoms with E-state index in [-0.39, 0.29) is 12.0 Å². The number of azo groups is 1. The Morgan fingerprint density at radius 2 is 1.97 bits per heavy atom. The van der Waals surface area contributed by atoms with Crippen LogP contribution in [0, 0.1) is 0 Å². The van der Waals surface area contributed by atoms with Crippen molar-refractivity contribution in [3.05, 3.63) is 66.1 Å². The second-order valence-corrected chi connectivity index (χ2v) is 7.54. The van der Waals surface area contributed by atoms with Gasteiger partial charge in [0.1, 0.15) is 0 Å². The molecule has 0 atom stereocenters. The van der Waals surface area contributed by atoms with Crippen LogP contribution in [0.3, 0.4) is 0 Å². The number of aromatic amines is 1. The number of nitrogens with one attached hydrogen (secondary N) is 1. The maximum Gasteiger partial charge on any atom is 0.323 e. The zero-order valence-corrected chi connectivity index (χ0v) is 18.1. The van der Waals surface area contributed by atoms with Crippen LogP contribution in [-0.2, 0) is 17.7 Å². The maximum atomic E-state index is 5.84. The van der Waals surface area contributed by atoms with Crippen molar-refractivity contribution in [2.75, 3.05) is 37.8 Å². The molecule has 10 nitrogen and oxygen atoms in total. The van der Waals surface area contributed by atoms with E-state index in [1.807, 2.05) is 47.6 Å². The summed E-state index contributed by atoms with van der Waals surface area (Å²) in [6, 6.07) is 12.2. The molecule has 1 fully saturated rings. The minimum absolute atomic E-state index is 0.225. The smallest absolute Gasteiger partial charge is 0.323 e. The minimum atomic E-state index is 0.225. The lowest BCUT2D eigenvalue weighted by atomic mass is 10.2. The molecule has 4 heterocycles. The van der Waals surface area contributed by atoms with Crippen molar-refractivity contribution >= 4 is 22.8 Å². The van der Waals surface area contributed by atoms with Crippen molar-refractivity contribution < 1.29 is 9.47 Å². The van der Waals surface area contributed by atoms with Gasteiger partial charge in [-0.25, -0.2) is 0 Å². The van der Waals surface area contributed by atoms with Crippen LogP contribution in [-0.4, -0.2) is 57.8 Å². The highest BCUT2D eigenvalue weighted by atomic mass is 16.5. The number of aromatic nitrogens is 5. The van der Waals surface area contributed by atoms with Gasteiger partial charge in [0.25, 0.3) is 5.95 Å². The molecule has 0 amide bonds. The van der Waals surface area contributed by atoms with Crippen molar-refractivity contribution in [2.24, 2.45) is 10.2 Å². The summed E-state index contributed by atoms with van der Waals surface area (Å²) in [6.45, 7) is 3.49. The van der Waals surface area contributed by atoms with Gasteiger partial charge in [-0.15, -0.1) is 5.11 Å². The van der Waals surface area contributed by atoms with Crippen molar-refractivity contribution in [3.8, 4) is 6.01 Å². The minimum Gasteiger partial charge on any atom is -0.463 e. The third-order valence-electron chi connectivity index (χ3n) is 5.31. The van der Waals surface area contributed by atoms with Crippen molar-refractivity contribution in [1.29, 1.82) is 0 Å². The van der Waals surface area contributed by atoms with Gasteiger partial charge >= 0.3 is 6.01 Å². The van der Waals surface area contributed by atoms with Gasteiger partial charge in [-0.1, -0.05) is 24.3 Å². The first-order chi connectivity index (χ1) is 16.3. The number of hydrogen-bond acceptors (Lipinski definition) is 9.